The summed E-state index contributed by atoms with van der Waals surface area (Å²) in [5, 5.41) is 0. The largest absolute Gasteiger partial charge is 0.154 e. The van der Waals surface area contributed by atoms with Crippen LogP contribution < -0.4 is 0 Å². The van der Waals surface area contributed by atoms with Crippen LogP contribution in [-0.2, 0) is 0 Å². The van der Waals surface area contributed by atoms with E-state index in [1.165, 1.54) is 12.8 Å². The Bertz CT molecular complexity index is 82.2. The average molecular weight is 114 g/mol. The maximum Gasteiger partial charge on any atom is 0.0334 e. The van der Waals surface area contributed by atoms with Gasteiger partial charge >= 0.3 is 0 Å². The lowest BCUT2D eigenvalue weighted by Crippen LogP contribution is -1.91. The van der Waals surface area contributed by atoms with Crippen molar-refractivity contribution in [1.82, 2.24) is 0 Å². The highest BCUT2D eigenvalue weighted by atomic mass is 32.2. The zero-order chi connectivity index (χ0) is 5.33. The van der Waals surface area contributed by atoms with E-state index in [-0.39, 0.29) is 0 Å². The first-order valence-corrected chi connectivity index (χ1v) is 3.74. The van der Waals surface area contributed by atoms with Crippen molar-refractivity contribution in [3.05, 3.63) is 12.7 Å². The molecule has 0 N–H and O–H groups in total. The second kappa shape index (κ2) is 1.55. The maximum absolute atomic E-state index is 3.74. The lowest BCUT2D eigenvalue weighted by Gasteiger charge is -1.99. The number of thioether (sulfide) groups is 1. The van der Waals surface area contributed by atoms with Crippen LogP contribution in [0, 0.1) is 0 Å². The Morgan fingerprint density at radius 1 is 1.71 bits per heavy atom. The van der Waals surface area contributed by atoms with Gasteiger partial charge in [0.1, 0.15) is 0 Å². The zero-order valence-corrected chi connectivity index (χ0v) is 5.42. The predicted octanol–water partition coefficient (Wildman–Crippen LogP) is 2.07. The van der Waals surface area contributed by atoms with Crippen LogP contribution in [0.1, 0.15) is 12.8 Å². The molecule has 0 nitrogen and oxygen atoms in total. The van der Waals surface area contributed by atoms with Crippen LogP contribution in [-0.4, -0.2) is 11.0 Å². The summed E-state index contributed by atoms with van der Waals surface area (Å²) in [6.07, 6.45) is 6.90. The van der Waals surface area contributed by atoms with Crippen molar-refractivity contribution in [3.63, 3.8) is 0 Å². The molecule has 7 heavy (non-hydrogen) atoms. The molecule has 0 aliphatic heterocycles. The van der Waals surface area contributed by atoms with Gasteiger partial charge in [-0.25, -0.2) is 0 Å². The summed E-state index contributed by atoms with van der Waals surface area (Å²) in [5.74, 6) is 0. The summed E-state index contributed by atoms with van der Waals surface area (Å²) in [6.45, 7) is 3.74. The van der Waals surface area contributed by atoms with Gasteiger partial charge in [-0.3, -0.25) is 0 Å². The molecule has 0 saturated heterocycles. The SMILES string of the molecule is C=CC1(SC)CC1. The minimum atomic E-state index is 0.514. The Morgan fingerprint density at radius 2 is 2.29 bits per heavy atom. The first kappa shape index (κ1) is 5.23. The quantitative estimate of drug-likeness (QED) is 0.495. The summed E-state index contributed by atoms with van der Waals surface area (Å²) in [4.78, 5) is 0. The monoisotopic (exact) mass is 114 g/mol. The van der Waals surface area contributed by atoms with Gasteiger partial charge < -0.3 is 0 Å². The van der Waals surface area contributed by atoms with Crippen LogP contribution in [0.4, 0.5) is 0 Å². The standard InChI is InChI=1S/C6H10S/c1-3-6(7-2)4-5-6/h3H,1,4-5H2,2H3. The van der Waals surface area contributed by atoms with Gasteiger partial charge in [0, 0.05) is 4.75 Å². The first-order valence-electron chi connectivity index (χ1n) is 2.52. The highest BCUT2D eigenvalue weighted by molar-refractivity contribution is 8.00. The van der Waals surface area contributed by atoms with E-state index in [0.717, 1.165) is 0 Å². The van der Waals surface area contributed by atoms with E-state index < -0.39 is 0 Å². The fraction of sp³-hybridized carbons (Fsp3) is 0.667. The van der Waals surface area contributed by atoms with Crippen LogP contribution >= 0.6 is 11.8 Å². The van der Waals surface area contributed by atoms with Crippen LogP contribution in [0.15, 0.2) is 12.7 Å². The number of rotatable bonds is 2. The first-order chi connectivity index (χ1) is 3.33. The van der Waals surface area contributed by atoms with E-state index in [4.69, 9.17) is 0 Å². The van der Waals surface area contributed by atoms with Crippen molar-refractivity contribution >= 4 is 11.8 Å². The molecule has 0 heterocycles. The number of hydrogen-bond donors (Lipinski definition) is 0. The molecule has 1 rings (SSSR count). The molecule has 1 aliphatic carbocycles. The minimum Gasteiger partial charge on any atom is -0.154 e. The van der Waals surface area contributed by atoms with Crippen molar-refractivity contribution < 1.29 is 0 Å². The normalized spacial score (nSPS) is 24.1. The molecule has 0 amide bonds. The van der Waals surface area contributed by atoms with Gasteiger partial charge in [0.25, 0.3) is 0 Å². The van der Waals surface area contributed by atoms with Gasteiger partial charge in [0.15, 0.2) is 0 Å². The molecule has 0 unspecified atom stereocenters. The van der Waals surface area contributed by atoms with Gasteiger partial charge in [-0.2, -0.15) is 11.8 Å². The van der Waals surface area contributed by atoms with Crippen molar-refractivity contribution in [3.8, 4) is 0 Å². The second-order valence-corrected chi connectivity index (χ2v) is 3.19. The summed E-state index contributed by atoms with van der Waals surface area (Å²) in [6, 6.07) is 0. The third-order valence-electron chi connectivity index (χ3n) is 1.52. The molecular weight excluding hydrogens is 104 g/mol. The zero-order valence-electron chi connectivity index (χ0n) is 4.61. The molecule has 1 fully saturated rings. The van der Waals surface area contributed by atoms with E-state index in [9.17, 15) is 0 Å². The summed E-state index contributed by atoms with van der Waals surface area (Å²) in [5.41, 5.74) is 0. The molecule has 0 spiro atoms. The predicted molar refractivity (Wildman–Crippen MR) is 35.7 cm³/mol. The van der Waals surface area contributed by atoms with Crippen LogP contribution in [0.2, 0.25) is 0 Å². The third kappa shape index (κ3) is 0.828. The van der Waals surface area contributed by atoms with Crippen LogP contribution in [0.5, 0.6) is 0 Å². The van der Waals surface area contributed by atoms with Gasteiger partial charge in [-0.05, 0) is 19.1 Å². The fourth-order valence-corrected chi connectivity index (χ4v) is 1.29. The fourth-order valence-electron chi connectivity index (χ4n) is 0.615. The molecule has 1 heteroatoms. The Kier molecular flexibility index (Phi) is 1.16. The lowest BCUT2D eigenvalue weighted by atomic mass is 10.4. The highest BCUT2D eigenvalue weighted by Crippen LogP contribution is 2.47. The molecule has 1 aliphatic rings. The Hall–Kier alpha value is 0.0900. The van der Waals surface area contributed by atoms with E-state index in [1.54, 1.807) is 0 Å². The van der Waals surface area contributed by atoms with Crippen molar-refractivity contribution in [2.75, 3.05) is 6.26 Å². The molecule has 0 atom stereocenters. The minimum absolute atomic E-state index is 0.514. The van der Waals surface area contributed by atoms with Gasteiger partial charge in [0.05, 0.1) is 0 Å². The van der Waals surface area contributed by atoms with Crippen molar-refractivity contribution in [2.45, 2.75) is 17.6 Å². The Labute approximate surface area is 49.0 Å². The molecule has 0 radical (unpaired) electrons. The van der Waals surface area contributed by atoms with E-state index >= 15 is 0 Å². The molecule has 40 valence electrons. The maximum atomic E-state index is 3.74. The molecule has 0 aromatic rings. The van der Waals surface area contributed by atoms with Gasteiger partial charge in [-0.15, -0.1) is 6.58 Å². The van der Waals surface area contributed by atoms with E-state index in [0.29, 0.717) is 4.75 Å². The van der Waals surface area contributed by atoms with Crippen LogP contribution in [0.25, 0.3) is 0 Å². The van der Waals surface area contributed by atoms with Crippen molar-refractivity contribution in [2.24, 2.45) is 0 Å². The van der Waals surface area contributed by atoms with Gasteiger partial charge in [0.2, 0.25) is 0 Å². The summed E-state index contributed by atoms with van der Waals surface area (Å²) < 4.78 is 0.514. The Balaban J connectivity index is 2.42. The van der Waals surface area contributed by atoms with E-state index in [1.807, 2.05) is 11.8 Å². The molecule has 0 aromatic carbocycles. The Morgan fingerprint density at radius 3 is 2.29 bits per heavy atom. The lowest BCUT2D eigenvalue weighted by molar-refractivity contribution is 1.21. The second-order valence-electron chi connectivity index (χ2n) is 1.97. The van der Waals surface area contributed by atoms with Crippen LogP contribution in [0.3, 0.4) is 0 Å². The summed E-state index contributed by atoms with van der Waals surface area (Å²) >= 11 is 1.92. The molecular formula is C6H10S. The smallest absolute Gasteiger partial charge is 0.0334 e. The molecule has 1 saturated carbocycles. The van der Waals surface area contributed by atoms with E-state index in [2.05, 4.69) is 18.9 Å². The number of hydrogen-bond acceptors (Lipinski definition) is 1. The molecule has 0 bridgehead atoms. The van der Waals surface area contributed by atoms with Crippen molar-refractivity contribution in [1.29, 1.82) is 0 Å². The van der Waals surface area contributed by atoms with Gasteiger partial charge in [-0.1, -0.05) is 6.08 Å². The third-order valence-corrected chi connectivity index (χ3v) is 2.91. The summed E-state index contributed by atoms with van der Waals surface area (Å²) in [7, 11) is 0. The highest BCUT2D eigenvalue weighted by Gasteiger charge is 2.38. The molecule has 0 aromatic heterocycles. The average Bonchev–Trinajstić information content (AvgIpc) is 2.46. The topological polar surface area (TPSA) is 0 Å².